The SMILES string of the molecule is CC(C)(NC1=CC(c2ccccc2F)N(c2ccc(OC(F)F)cc2)C1=O)c1cccc(C(F)(F)F)n1. The molecule has 0 radical (unpaired) electrons. The van der Waals surface area contributed by atoms with Crippen LogP contribution in [0.5, 0.6) is 5.75 Å². The fourth-order valence-corrected chi connectivity index (χ4v) is 4.01. The van der Waals surface area contributed by atoms with Crippen molar-refractivity contribution < 1.29 is 35.9 Å². The van der Waals surface area contributed by atoms with Gasteiger partial charge in [-0.3, -0.25) is 9.69 Å². The maximum atomic E-state index is 14.7. The van der Waals surface area contributed by atoms with E-state index in [9.17, 15) is 31.1 Å². The number of hydrogen-bond acceptors (Lipinski definition) is 4. The van der Waals surface area contributed by atoms with Gasteiger partial charge in [0.2, 0.25) is 0 Å². The van der Waals surface area contributed by atoms with E-state index in [0.717, 1.165) is 6.07 Å². The van der Waals surface area contributed by atoms with E-state index in [1.807, 2.05) is 0 Å². The summed E-state index contributed by atoms with van der Waals surface area (Å²) in [5.41, 5.74) is -1.84. The first-order valence-corrected chi connectivity index (χ1v) is 11.0. The number of halogens is 6. The third-order valence-electron chi connectivity index (χ3n) is 5.74. The number of rotatable bonds is 7. The van der Waals surface area contributed by atoms with Crippen molar-refractivity contribution in [1.29, 1.82) is 0 Å². The molecule has 2 heterocycles. The molecule has 1 aliphatic rings. The zero-order chi connectivity index (χ0) is 27.0. The topological polar surface area (TPSA) is 54.5 Å². The van der Waals surface area contributed by atoms with Crippen molar-refractivity contribution in [3.05, 3.63) is 101 Å². The van der Waals surface area contributed by atoms with Gasteiger partial charge in [-0.2, -0.15) is 22.0 Å². The highest BCUT2D eigenvalue weighted by molar-refractivity contribution is 6.09. The van der Waals surface area contributed by atoms with Crippen molar-refractivity contribution in [3.63, 3.8) is 0 Å². The summed E-state index contributed by atoms with van der Waals surface area (Å²) in [7, 11) is 0. The molecule has 0 bridgehead atoms. The van der Waals surface area contributed by atoms with Gasteiger partial charge in [-0.1, -0.05) is 24.3 Å². The molecular formula is C26H21F6N3O2. The van der Waals surface area contributed by atoms with Gasteiger partial charge < -0.3 is 10.1 Å². The number of carbonyl (C=O) groups is 1. The summed E-state index contributed by atoms with van der Waals surface area (Å²) in [6, 6.07) is 13.6. The highest BCUT2D eigenvalue weighted by atomic mass is 19.4. The van der Waals surface area contributed by atoms with Crippen LogP contribution in [-0.4, -0.2) is 17.5 Å². The first-order valence-electron chi connectivity index (χ1n) is 11.0. The van der Waals surface area contributed by atoms with E-state index in [0.29, 0.717) is 0 Å². The Morgan fingerprint density at radius 1 is 0.946 bits per heavy atom. The molecule has 3 aromatic rings. The summed E-state index contributed by atoms with van der Waals surface area (Å²) < 4.78 is 83.8. The molecule has 0 aliphatic carbocycles. The zero-order valence-corrected chi connectivity index (χ0v) is 19.6. The van der Waals surface area contributed by atoms with Gasteiger partial charge in [0.1, 0.15) is 17.3 Å². The highest BCUT2D eigenvalue weighted by Gasteiger charge is 2.39. The van der Waals surface area contributed by atoms with Gasteiger partial charge in [-0.25, -0.2) is 9.37 Å². The smallest absolute Gasteiger partial charge is 0.433 e. The molecule has 1 amide bonds. The minimum Gasteiger partial charge on any atom is -0.435 e. The van der Waals surface area contributed by atoms with Crippen LogP contribution in [0.3, 0.4) is 0 Å². The van der Waals surface area contributed by atoms with Gasteiger partial charge in [-0.15, -0.1) is 0 Å². The van der Waals surface area contributed by atoms with Gasteiger partial charge in [0.25, 0.3) is 5.91 Å². The number of ether oxygens (including phenoxy) is 1. The molecular weight excluding hydrogens is 500 g/mol. The molecule has 11 heteroatoms. The second-order valence-electron chi connectivity index (χ2n) is 8.75. The molecule has 194 valence electrons. The normalized spacial score (nSPS) is 16.2. The molecule has 0 fully saturated rings. The maximum Gasteiger partial charge on any atom is 0.433 e. The fourth-order valence-electron chi connectivity index (χ4n) is 4.01. The van der Waals surface area contributed by atoms with Gasteiger partial charge in [-0.05, 0) is 62.4 Å². The van der Waals surface area contributed by atoms with Crippen LogP contribution in [0, 0.1) is 5.82 Å². The average molecular weight is 521 g/mol. The summed E-state index contributed by atoms with van der Waals surface area (Å²) in [6.07, 6.45) is -3.19. The summed E-state index contributed by atoms with van der Waals surface area (Å²) in [6.45, 7) is 0.0800. The highest BCUT2D eigenvalue weighted by Crippen LogP contribution is 2.38. The largest absolute Gasteiger partial charge is 0.435 e. The summed E-state index contributed by atoms with van der Waals surface area (Å²) in [5, 5.41) is 2.95. The van der Waals surface area contributed by atoms with Crippen molar-refractivity contribution in [1.82, 2.24) is 10.3 Å². The van der Waals surface area contributed by atoms with E-state index in [1.165, 1.54) is 65.6 Å². The minimum absolute atomic E-state index is 0.00497. The molecule has 0 spiro atoms. The van der Waals surface area contributed by atoms with Gasteiger partial charge >= 0.3 is 12.8 Å². The summed E-state index contributed by atoms with van der Waals surface area (Å²) in [4.78, 5) is 18.5. The van der Waals surface area contributed by atoms with E-state index in [1.54, 1.807) is 19.9 Å². The predicted molar refractivity (Wildman–Crippen MR) is 123 cm³/mol. The molecule has 0 saturated carbocycles. The van der Waals surface area contributed by atoms with Crippen LogP contribution in [0.15, 0.2) is 78.5 Å². The molecule has 1 N–H and O–H groups in total. The van der Waals surface area contributed by atoms with Crippen molar-refractivity contribution in [2.24, 2.45) is 0 Å². The lowest BCUT2D eigenvalue weighted by atomic mass is 9.98. The molecule has 5 nitrogen and oxygen atoms in total. The van der Waals surface area contributed by atoms with Crippen LogP contribution in [-0.2, 0) is 16.5 Å². The van der Waals surface area contributed by atoms with Crippen LogP contribution in [0.2, 0.25) is 0 Å². The van der Waals surface area contributed by atoms with Gasteiger partial charge in [0, 0.05) is 11.3 Å². The monoisotopic (exact) mass is 521 g/mol. The second kappa shape index (κ2) is 9.79. The number of benzene rings is 2. The lowest BCUT2D eigenvalue weighted by Crippen LogP contribution is -2.41. The number of aromatic nitrogens is 1. The molecule has 1 aliphatic heterocycles. The number of carbonyl (C=O) groups excluding carboxylic acids is 1. The van der Waals surface area contributed by atoms with Crippen molar-refractivity contribution >= 4 is 11.6 Å². The average Bonchev–Trinajstić information content (AvgIpc) is 3.14. The first-order chi connectivity index (χ1) is 17.4. The Kier molecular flexibility index (Phi) is 6.90. The van der Waals surface area contributed by atoms with Crippen molar-refractivity contribution in [2.45, 2.75) is 38.2 Å². The van der Waals surface area contributed by atoms with E-state index >= 15 is 0 Å². The van der Waals surface area contributed by atoms with Crippen LogP contribution in [0.1, 0.15) is 36.8 Å². The van der Waals surface area contributed by atoms with Crippen molar-refractivity contribution in [3.8, 4) is 5.75 Å². The number of anilines is 1. The third kappa shape index (κ3) is 5.55. The maximum absolute atomic E-state index is 14.7. The van der Waals surface area contributed by atoms with E-state index in [2.05, 4.69) is 15.0 Å². The Morgan fingerprint density at radius 3 is 2.22 bits per heavy atom. The van der Waals surface area contributed by atoms with Crippen LogP contribution >= 0.6 is 0 Å². The van der Waals surface area contributed by atoms with E-state index in [-0.39, 0.29) is 28.4 Å². The van der Waals surface area contributed by atoms with Gasteiger partial charge in [0.05, 0.1) is 23.0 Å². The number of nitrogens with zero attached hydrogens (tertiary/aromatic N) is 2. The Balaban J connectivity index is 1.70. The number of amides is 1. The molecule has 1 atom stereocenters. The zero-order valence-electron chi connectivity index (χ0n) is 19.6. The lowest BCUT2D eigenvalue weighted by molar-refractivity contribution is -0.141. The Morgan fingerprint density at radius 2 is 1.59 bits per heavy atom. The Labute approximate surface area is 208 Å². The predicted octanol–water partition coefficient (Wildman–Crippen LogP) is 6.34. The fraction of sp³-hybridized carbons (Fsp3) is 0.231. The lowest BCUT2D eigenvalue weighted by Gasteiger charge is -2.29. The Hall–Kier alpha value is -4.02. The summed E-state index contributed by atoms with van der Waals surface area (Å²) in [5.74, 6) is -1.31. The molecule has 2 aromatic carbocycles. The van der Waals surface area contributed by atoms with E-state index in [4.69, 9.17) is 0 Å². The van der Waals surface area contributed by atoms with E-state index < -0.39 is 41.8 Å². The number of pyridine rings is 1. The quantitative estimate of drug-likeness (QED) is 0.369. The van der Waals surface area contributed by atoms with Crippen LogP contribution < -0.4 is 15.0 Å². The molecule has 37 heavy (non-hydrogen) atoms. The number of hydrogen-bond donors (Lipinski definition) is 1. The Bertz CT molecular complexity index is 1320. The van der Waals surface area contributed by atoms with Crippen LogP contribution in [0.4, 0.5) is 32.0 Å². The standard InChI is InChI=1S/C26H21F6N3O2/c1-25(2,21-8-5-9-22(33-21)26(30,31)32)34-19-14-20(17-6-3-4-7-18(17)27)35(23(19)36)15-10-12-16(13-11-15)37-24(28)29/h3-14,20,24,34H,1-2H3. The first kappa shape index (κ1) is 26.1. The molecule has 1 unspecified atom stereocenters. The minimum atomic E-state index is -4.65. The number of alkyl halides is 5. The van der Waals surface area contributed by atoms with Gasteiger partial charge in [0.15, 0.2) is 0 Å². The molecule has 1 aromatic heterocycles. The molecule has 4 rings (SSSR count). The van der Waals surface area contributed by atoms with Crippen molar-refractivity contribution in [2.75, 3.05) is 4.90 Å². The third-order valence-corrected chi connectivity index (χ3v) is 5.74. The number of nitrogens with one attached hydrogen (secondary N) is 1. The molecule has 0 saturated heterocycles. The second-order valence-corrected chi connectivity index (χ2v) is 8.75. The van der Waals surface area contributed by atoms with Crippen LogP contribution in [0.25, 0.3) is 0 Å². The summed E-state index contributed by atoms with van der Waals surface area (Å²) >= 11 is 0.